The molecule has 1 unspecified atom stereocenters. The maximum absolute atomic E-state index is 11.1. The lowest BCUT2D eigenvalue weighted by atomic mass is 10.1. The van der Waals surface area contributed by atoms with Gasteiger partial charge >= 0.3 is 5.97 Å². The van der Waals surface area contributed by atoms with E-state index in [0.29, 0.717) is 23.7 Å². The number of carbonyl (C=O) groups is 1. The lowest BCUT2D eigenvalue weighted by Crippen LogP contribution is -2.36. The van der Waals surface area contributed by atoms with Gasteiger partial charge in [-0.2, -0.15) is 0 Å². The van der Waals surface area contributed by atoms with Crippen molar-refractivity contribution in [3.05, 3.63) is 28.8 Å². The van der Waals surface area contributed by atoms with Gasteiger partial charge in [-0.3, -0.25) is 4.79 Å². The van der Waals surface area contributed by atoms with Crippen molar-refractivity contribution >= 4 is 17.6 Å². The van der Waals surface area contributed by atoms with Crippen LogP contribution >= 0.6 is 11.6 Å². The molecule has 0 aliphatic rings. The van der Waals surface area contributed by atoms with Crippen LogP contribution in [0.2, 0.25) is 5.02 Å². The molecule has 0 aliphatic carbocycles. The van der Waals surface area contributed by atoms with Gasteiger partial charge in [-0.15, -0.1) is 0 Å². The fourth-order valence-corrected chi connectivity index (χ4v) is 2.08. The Morgan fingerprint density at radius 1 is 1.53 bits per heavy atom. The summed E-state index contributed by atoms with van der Waals surface area (Å²) in [5, 5.41) is 12.7. The Labute approximate surface area is 118 Å². The summed E-state index contributed by atoms with van der Waals surface area (Å²) in [7, 11) is 1.57. The van der Waals surface area contributed by atoms with Crippen LogP contribution in [0.25, 0.3) is 0 Å². The van der Waals surface area contributed by atoms with Crippen molar-refractivity contribution in [2.75, 3.05) is 7.11 Å². The van der Waals surface area contributed by atoms with E-state index in [4.69, 9.17) is 21.4 Å². The molecule has 19 heavy (non-hydrogen) atoms. The summed E-state index contributed by atoms with van der Waals surface area (Å²) in [6, 6.07) is 4.82. The zero-order valence-electron chi connectivity index (χ0n) is 11.3. The number of carboxylic acid groups (broad SMARTS) is 1. The van der Waals surface area contributed by atoms with Crippen LogP contribution in [0, 0.1) is 0 Å². The third-order valence-electron chi connectivity index (χ3n) is 2.97. The molecule has 106 valence electrons. The molecular weight excluding hydrogens is 266 g/mol. The fraction of sp³-hybridized carbons (Fsp3) is 0.500. The van der Waals surface area contributed by atoms with E-state index in [1.807, 2.05) is 13.0 Å². The zero-order valence-corrected chi connectivity index (χ0v) is 12.0. The number of carboxylic acids is 1. The molecule has 1 aromatic carbocycles. The minimum absolute atomic E-state index is 0.378. The number of hydrogen-bond donors (Lipinski definition) is 2. The normalized spacial score (nSPS) is 12.2. The summed E-state index contributed by atoms with van der Waals surface area (Å²) in [6.45, 7) is 2.42. The first-order valence-corrected chi connectivity index (χ1v) is 6.75. The van der Waals surface area contributed by atoms with Crippen molar-refractivity contribution in [3.8, 4) is 5.75 Å². The van der Waals surface area contributed by atoms with Crippen LogP contribution in [0.5, 0.6) is 5.75 Å². The predicted molar refractivity (Wildman–Crippen MR) is 75.8 cm³/mol. The number of rotatable bonds is 8. The van der Waals surface area contributed by atoms with Gasteiger partial charge in [0.15, 0.2) is 0 Å². The first-order chi connectivity index (χ1) is 9.10. The molecule has 0 fully saturated rings. The fourth-order valence-electron chi connectivity index (χ4n) is 1.85. The Balaban J connectivity index is 2.71. The Morgan fingerprint density at radius 2 is 2.26 bits per heavy atom. The van der Waals surface area contributed by atoms with Crippen molar-refractivity contribution < 1.29 is 14.6 Å². The quantitative estimate of drug-likeness (QED) is 0.771. The van der Waals surface area contributed by atoms with Crippen molar-refractivity contribution in [2.24, 2.45) is 0 Å². The number of halogens is 1. The summed E-state index contributed by atoms with van der Waals surface area (Å²) in [5.74, 6) is -0.167. The van der Waals surface area contributed by atoms with Crippen LogP contribution in [0.4, 0.5) is 0 Å². The van der Waals surface area contributed by atoms with Crippen molar-refractivity contribution in [1.82, 2.24) is 5.32 Å². The monoisotopic (exact) mass is 285 g/mol. The van der Waals surface area contributed by atoms with Gasteiger partial charge in [0.2, 0.25) is 0 Å². The molecule has 1 rings (SSSR count). The maximum Gasteiger partial charge on any atom is 0.320 e. The molecule has 0 bridgehead atoms. The molecule has 2 N–H and O–H groups in total. The van der Waals surface area contributed by atoms with E-state index in [1.165, 1.54) is 0 Å². The second kappa shape index (κ2) is 8.02. The summed E-state index contributed by atoms with van der Waals surface area (Å²) in [5.41, 5.74) is 0.786. The molecular formula is C14H20ClNO3. The van der Waals surface area contributed by atoms with Gasteiger partial charge in [-0.05, 0) is 18.6 Å². The molecule has 1 atom stereocenters. The highest BCUT2D eigenvalue weighted by Gasteiger charge is 2.17. The van der Waals surface area contributed by atoms with Crippen molar-refractivity contribution in [1.29, 1.82) is 0 Å². The highest BCUT2D eigenvalue weighted by atomic mass is 35.5. The topological polar surface area (TPSA) is 58.6 Å². The Hall–Kier alpha value is -1.26. The summed E-state index contributed by atoms with van der Waals surface area (Å²) in [4.78, 5) is 11.1. The molecule has 0 heterocycles. The number of nitrogens with one attached hydrogen (secondary N) is 1. The number of unbranched alkanes of at least 4 members (excludes halogenated alkanes) is 1. The van der Waals surface area contributed by atoms with Crippen LogP contribution in [-0.2, 0) is 11.3 Å². The first-order valence-electron chi connectivity index (χ1n) is 6.37. The number of methoxy groups -OCH3 is 1. The number of ether oxygens (including phenoxy) is 1. The highest BCUT2D eigenvalue weighted by Crippen LogP contribution is 2.26. The zero-order chi connectivity index (χ0) is 14.3. The van der Waals surface area contributed by atoms with Crippen LogP contribution < -0.4 is 10.1 Å². The Kier molecular flexibility index (Phi) is 6.67. The van der Waals surface area contributed by atoms with Crippen LogP contribution in [0.3, 0.4) is 0 Å². The maximum atomic E-state index is 11.1. The van der Waals surface area contributed by atoms with Crippen molar-refractivity contribution in [3.63, 3.8) is 0 Å². The molecule has 0 amide bonds. The molecule has 0 saturated heterocycles. The standard InChI is InChI=1S/C14H20ClNO3/c1-3-4-7-12(14(17)18)16-9-10-11(15)6-5-8-13(10)19-2/h5-6,8,12,16H,3-4,7,9H2,1-2H3,(H,17,18). The number of benzene rings is 1. The van der Waals surface area contributed by atoms with Gasteiger partial charge in [0, 0.05) is 17.1 Å². The van der Waals surface area contributed by atoms with Crippen molar-refractivity contribution in [2.45, 2.75) is 38.8 Å². The molecule has 0 spiro atoms. The van der Waals surface area contributed by atoms with E-state index in [1.54, 1.807) is 19.2 Å². The molecule has 1 aromatic rings. The first kappa shape index (κ1) is 15.8. The second-order valence-electron chi connectivity index (χ2n) is 4.33. The molecule has 5 heteroatoms. The summed E-state index contributed by atoms with van der Waals surface area (Å²) in [6.07, 6.45) is 2.46. The molecule has 0 radical (unpaired) electrons. The summed E-state index contributed by atoms with van der Waals surface area (Å²) < 4.78 is 5.23. The van der Waals surface area contributed by atoms with Gasteiger partial charge in [0.25, 0.3) is 0 Å². The minimum Gasteiger partial charge on any atom is -0.496 e. The molecule has 0 aromatic heterocycles. The van der Waals surface area contributed by atoms with Gasteiger partial charge in [0.1, 0.15) is 11.8 Å². The number of aliphatic carboxylic acids is 1. The van der Waals surface area contributed by atoms with Crippen LogP contribution in [0.1, 0.15) is 31.7 Å². The van der Waals surface area contributed by atoms with E-state index in [0.717, 1.165) is 18.4 Å². The Bertz CT molecular complexity index is 423. The largest absolute Gasteiger partial charge is 0.496 e. The van der Waals surface area contributed by atoms with E-state index in [-0.39, 0.29) is 0 Å². The lowest BCUT2D eigenvalue weighted by molar-refractivity contribution is -0.139. The van der Waals surface area contributed by atoms with E-state index in [2.05, 4.69) is 5.32 Å². The van der Waals surface area contributed by atoms with E-state index in [9.17, 15) is 4.79 Å². The second-order valence-corrected chi connectivity index (χ2v) is 4.74. The molecule has 0 aliphatic heterocycles. The smallest absolute Gasteiger partial charge is 0.320 e. The van der Waals surface area contributed by atoms with Crippen LogP contribution in [-0.4, -0.2) is 24.2 Å². The molecule has 0 saturated carbocycles. The third-order valence-corrected chi connectivity index (χ3v) is 3.32. The highest BCUT2D eigenvalue weighted by molar-refractivity contribution is 6.31. The van der Waals surface area contributed by atoms with E-state index >= 15 is 0 Å². The van der Waals surface area contributed by atoms with Gasteiger partial charge in [-0.1, -0.05) is 37.4 Å². The molecule has 4 nitrogen and oxygen atoms in total. The van der Waals surface area contributed by atoms with Crippen LogP contribution in [0.15, 0.2) is 18.2 Å². The van der Waals surface area contributed by atoms with Gasteiger partial charge in [-0.25, -0.2) is 0 Å². The summed E-state index contributed by atoms with van der Waals surface area (Å²) >= 11 is 6.11. The predicted octanol–water partition coefficient (Wildman–Crippen LogP) is 3.08. The minimum atomic E-state index is -0.834. The van der Waals surface area contributed by atoms with Gasteiger partial charge in [0.05, 0.1) is 7.11 Å². The SMILES string of the molecule is CCCCC(NCc1c(Cl)cccc1OC)C(=O)O. The van der Waals surface area contributed by atoms with Gasteiger partial charge < -0.3 is 15.2 Å². The Morgan fingerprint density at radius 3 is 2.84 bits per heavy atom. The van der Waals surface area contributed by atoms with E-state index < -0.39 is 12.0 Å². The number of hydrogen-bond acceptors (Lipinski definition) is 3. The average molecular weight is 286 g/mol. The lowest BCUT2D eigenvalue weighted by Gasteiger charge is -2.16. The average Bonchev–Trinajstić information content (AvgIpc) is 2.39. The third kappa shape index (κ3) is 4.73.